The lowest BCUT2D eigenvalue weighted by molar-refractivity contribution is 0.313. The number of nitrogens with zero attached hydrogens (tertiary/aromatic N) is 3. The van der Waals surface area contributed by atoms with E-state index in [9.17, 15) is 8.42 Å². The second kappa shape index (κ2) is 6.20. The van der Waals surface area contributed by atoms with E-state index in [1.54, 1.807) is 30.5 Å². The predicted molar refractivity (Wildman–Crippen MR) is 101 cm³/mol. The molecular formula is C19H21N3O2S. The third kappa shape index (κ3) is 2.81. The quantitative estimate of drug-likeness (QED) is 0.725. The number of likely N-dealkylation sites (N-methyl/N-ethyl adjacent to an activating group) is 1. The van der Waals surface area contributed by atoms with E-state index in [0.717, 1.165) is 42.8 Å². The summed E-state index contributed by atoms with van der Waals surface area (Å²) >= 11 is 0. The van der Waals surface area contributed by atoms with Crippen molar-refractivity contribution in [3.63, 3.8) is 0 Å². The van der Waals surface area contributed by atoms with E-state index in [4.69, 9.17) is 0 Å². The molecule has 2 heterocycles. The molecule has 1 fully saturated rings. The van der Waals surface area contributed by atoms with E-state index in [-0.39, 0.29) is 0 Å². The van der Waals surface area contributed by atoms with Crippen LogP contribution in [0, 0.1) is 0 Å². The average Bonchev–Trinajstić information content (AvgIpc) is 3.08. The molecule has 0 unspecified atom stereocenters. The minimum Gasteiger partial charge on any atom is -0.368 e. The Balaban J connectivity index is 1.80. The Labute approximate surface area is 148 Å². The van der Waals surface area contributed by atoms with Gasteiger partial charge in [-0.2, -0.15) is 0 Å². The smallest absolute Gasteiger partial charge is 0.268 e. The van der Waals surface area contributed by atoms with Gasteiger partial charge in [0.05, 0.1) is 10.4 Å². The van der Waals surface area contributed by atoms with Crippen LogP contribution in [0.15, 0.2) is 65.7 Å². The first-order valence-electron chi connectivity index (χ1n) is 8.41. The van der Waals surface area contributed by atoms with Crippen LogP contribution in [0.3, 0.4) is 0 Å². The molecule has 6 heteroatoms. The molecule has 0 bridgehead atoms. The van der Waals surface area contributed by atoms with Crippen LogP contribution < -0.4 is 4.90 Å². The summed E-state index contributed by atoms with van der Waals surface area (Å²) in [6.07, 6.45) is 1.66. The Morgan fingerprint density at radius 3 is 2.28 bits per heavy atom. The largest absolute Gasteiger partial charge is 0.368 e. The van der Waals surface area contributed by atoms with Gasteiger partial charge >= 0.3 is 0 Å². The van der Waals surface area contributed by atoms with Crippen molar-refractivity contribution in [3.8, 4) is 0 Å². The lowest BCUT2D eigenvalue weighted by atomic mass is 10.2. The summed E-state index contributed by atoms with van der Waals surface area (Å²) in [4.78, 5) is 4.95. The summed E-state index contributed by atoms with van der Waals surface area (Å²) < 4.78 is 27.4. The van der Waals surface area contributed by atoms with Gasteiger partial charge in [0.1, 0.15) is 0 Å². The molecule has 0 aliphatic carbocycles. The van der Waals surface area contributed by atoms with Crippen LogP contribution in [0.5, 0.6) is 0 Å². The van der Waals surface area contributed by atoms with Gasteiger partial charge in [0.15, 0.2) is 0 Å². The highest BCUT2D eigenvalue weighted by atomic mass is 32.2. The molecule has 0 spiro atoms. The van der Waals surface area contributed by atoms with E-state index >= 15 is 0 Å². The zero-order valence-corrected chi connectivity index (χ0v) is 15.0. The molecule has 0 atom stereocenters. The highest BCUT2D eigenvalue weighted by Gasteiger charge is 2.21. The second-order valence-electron chi connectivity index (χ2n) is 6.43. The number of hydrogen-bond donors (Lipinski definition) is 0. The molecule has 130 valence electrons. The maximum absolute atomic E-state index is 13.0. The molecule has 0 radical (unpaired) electrons. The summed E-state index contributed by atoms with van der Waals surface area (Å²) in [5, 5.41) is 0.978. The standard InChI is InChI=1S/C19H21N3O2S/c1-20-12-14-21(15-13-20)18-8-5-9-19-17(18)10-11-22(19)25(23,24)16-6-3-2-4-7-16/h2-11H,12-15H2,1H3. The van der Waals surface area contributed by atoms with Crippen molar-refractivity contribution in [2.24, 2.45) is 0 Å². The fourth-order valence-corrected chi connectivity index (χ4v) is 4.73. The van der Waals surface area contributed by atoms with Crippen molar-refractivity contribution in [2.75, 3.05) is 38.1 Å². The van der Waals surface area contributed by atoms with Crippen molar-refractivity contribution in [2.45, 2.75) is 4.90 Å². The Morgan fingerprint density at radius 1 is 0.840 bits per heavy atom. The number of fused-ring (bicyclic) bond motifs is 1. The molecule has 1 aromatic heterocycles. The summed E-state index contributed by atoms with van der Waals surface area (Å²) in [7, 11) is -1.46. The lowest BCUT2D eigenvalue weighted by Crippen LogP contribution is -2.44. The number of anilines is 1. The van der Waals surface area contributed by atoms with Gasteiger partial charge in [0.25, 0.3) is 10.0 Å². The highest BCUT2D eigenvalue weighted by molar-refractivity contribution is 7.90. The Bertz CT molecular complexity index is 988. The van der Waals surface area contributed by atoms with Crippen molar-refractivity contribution >= 4 is 26.6 Å². The fourth-order valence-electron chi connectivity index (χ4n) is 3.37. The van der Waals surface area contributed by atoms with Gasteiger partial charge < -0.3 is 9.80 Å². The fraction of sp³-hybridized carbons (Fsp3) is 0.263. The van der Waals surface area contributed by atoms with E-state index in [1.807, 2.05) is 24.3 Å². The van der Waals surface area contributed by atoms with Crippen molar-refractivity contribution < 1.29 is 8.42 Å². The van der Waals surface area contributed by atoms with Gasteiger partial charge in [0, 0.05) is 43.4 Å². The highest BCUT2D eigenvalue weighted by Crippen LogP contribution is 2.30. The molecule has 0 N–H and O–H groups in total. The number of rotatable bonds is 3. The van der Waals surface area contributed by atoms with Crippen LogP contribution in [0.2, 0.25) is 0 Å². The van der Waals surface area contributed by atoms with Gasteiger partial charge in [-0.1, -0.05) is 24.3 Å². The van der Waals surface area contributed by atoms with E-state index in [0.29, 0.717) is 4.90 Å². The third-order valence-corrected chi connectivity index (χ3v) is 6.52. The van der Waals surface area contributed by atoms with Crippen molar-refractivity contribution in [3.05, 3.63) is 60.8 Å². The Kier molecular flexibility index (Phi) is 4.01. The monoisotopic (exact) mass is 355 g/mol. The zero-order chi connectivity index (χ0) is 17.4. The summed E-state index contributed by atoms with van der Waals surface area (Å²) in [5.74, 6) is 0. The average molecular weight is 355 g/mol. The van der Waals surface area contributed by atoms with Crippen LogP contribution in [0.25, 0.3) is 10.9 Å². The predicted octanol–water partition coefficient (Wildman–Crippen LogP) is 2.63. The molecule has 0 amide bonds. The molecule has 4 rings (SSSR count). The normalized spacial score (nSPS) is 16.4. The third-order valence-electron chi connectivity index (χ3n) is 4.82. The van der Waals surface area contributed by atoms with Gasteiger partial charge in [-0.3, -0.25) is 0 Å². The number of hydrogen-bond acceptors (Lipinski definition) is 4. The first kappa shape index (κ1) is 16.2. The summed E-state index contributed by atoms with van der Waals surface area (Å²) in [5.41, 5.74) is 1.83. The van der Waals surface area contributed by atoms with E-state index in [1.165, 1.54) is 3.97 Å². The van der Waals surface area contributed by atoms with Crippen molar-refractivity contribution in [1.82, 2.24) is 8.87 Å². The molecule has 2 aromatic carbocycles. The van der Waals surface area contributed by atoms with Crippen LogP contribution in [-0.4, -0.2) is 50.5 Å². The molecule has 3 aromatic rings. The summed E-state index contributed by atoms with van der Waals surface area (Å²) in [6, 6.07) is 16.4. The Morgan fingerprint density at radius 2 is 1.56 bits per heavy atom. The van der Waals surface area contributed by atoms with Gasteiger partial charge in [0.2, 0.25) is 0 Å². The lowest BCUT2D eigenvalue weighted by Gasteiger charge is -2.34. The summed E-state index contributed by atoms with van der Waals surface area (Å²) in [6.45, 7) is 3.93. The molecular weight excluding hydrogens is 334 g/mol. The number of benzene rings is 2. The van der Waals surface area contributed by atoms with Crippen molar-refractivity contribution in [1.29, 1.82) is 0 Å². The number of aromatic nitrogens is 1. The molecule has 1 saturated heterocycles. The van der Waals surface area contributed by atoms with Crippen LogP contribution in [0.1, 0.15) is 0 Å². The number of piperazine rings is 1. The Hall–Kier alpha value is -2.31. The minimum absolute atomic E-state index is 0.303. The van der Waals surface area contributed by atoms with E-state index in [2.05, 4.69) is 22.9 Å². The minimum atomic E-state index is -3.59. The van der Waals surface area contributed by atoms with Gasteiger partial charge in [-0.15, -0.1) is 0 Å². The van der Waals surface area contributed by atoms with Gasteiger partial charge in [-0.25, -0.2) is 12.4 Å². The van der Waals surface area contributed by atoms with Crippen LogP contribution in [-0.2, 0) is 10.0 Å². The SMILES string of the molecule is CN1CCN(c2cccc3c2ccn3S(=O)(=O)c2ccccc2)CC1. The molecule has 0 saturated carbocycles. The topological polar surface area (TPSA) is 45.5 Å². The zero-order valence-electron chi connectivity index (χ0n) is 14.2. The maximum Gasteiger partial charge on any atom is 0.268 e. The molecule has 1 aliphatic rings. The first-order valence-corrected chi connectivity index (χ1v) is 9.85. The van der Waals surface area contributed by atoms with Crippen LogP contribution in [0.4, 0.5) is 5.69 Å². The van der Waals surface area contributed by atoms with Crippen LogP contribution >= 0.6 is 0 Å². The maximum atomic E-state index is 13.0. The van der Waals surface area contributed by atoms with E-state index < -0.39 is 10.0 Å². The molecule has 1 aliphatic heterocycles. The molecule has 5 nitrogen and oxygen atoms in total. The first-order chi connectivity index (χ1) is 12.1. The molecule has 25 heavy (non-hydrogen) atoms. The van der Waals surface area contributed by atoms with Gasteiger partial charge in [-0.05, 0) is 37.4 Å². The second-order valence-corrected chi connectivity index (χ2v) is 8.24.